The fourth-order valence-corrected chi connectivity index (χ4v) is 1.32. The Morgan fingerprint density at radius 1 is 0.920 bits per heavy atom. The number of allylic oxidation sites excluding steroid dienone is 1. The summed E-state index contributed by atoms with van der Waals surface area (Å²) in [6, 6.07) is 0. The first-order chi connectivity index (χ1) is 10.9. The van der Waals surface area contributed by atoms with Crippen LogP contribution in [0.25, 0.3) is 0 Å². The molecule has 0 aliphatic heterocycles. The molecule has 0 N–H and O–H groups in total. The predicted molar refractivity (Wildman–Crippen MR) is 65.1 cm³/mol. The molecule has 0 amide bonds. The number of hydrogen-bond acceptors (Lipinski definition) is 2. The molecule has 0 aliphatic carbocycles. The van der Waals surface area contributed by atoms with Crippen molar-refractivity contribution in [3.63, 3.8) is 0 Å². The van der Waals surface area contributed by atoms with Gasteiger partial charge in [-0.1, -0.05) is 12.7 Å². The topological polar surface area (TPSA) is 26.3 Å². The van der Waals surface area contributed by atoms with Crippen LogP contribution in [0.4, 0.5) is 43.9 Å². The molecule has 0 saturated heterocycles. The number of ether oxygens (including phenoxy) is 1. The molecule has 0 saturated carbocycles. The van der Waals surface area contributed by atoms with Crippen LogP contribution in [0.1, 0.15) is 19.8 Å². The molecule has 2 nitrogen and oxygen atoms in total. The number of rotatable bonds is 9. The minimum atomic E-state index is -7.27. The quantitative estimate of drug-likeness (QED) is 0.234. The van der Waals surface area contributed by atoms with Crippen molar-refractivity contribution in [2.24, 2.45) is 0 Å². The van der Waals surface area contributed by atoms with Gasteiger partial charge in [-0.15, -0.1) is 6.58 Å². The maximum absolute atomic E-state index is 13.3. The van der Waals surface area contributed by atoms with E-state index in [1.165, 1.54) is 0 Å². The summed E-state index contributed by atoms with van der Waals surface area (Å²) in [5.74, 6) is -29.4. The molecular weight excluding hydrogens is 378 g/mol. The van der Waals surface area contributed by atoms with Crippen molar-refractivity contribution < 1.29 is 53.4 Å². The lowest BCUT2D eigenvalue weighted by atomic mass is 9.95. The van der Waals surface area contributed by atoms with E-state index in [-0.39, 0.29) is 0 Å². The molecule has 12 heteroatoms. The monoisotopic (exact) mass is 390 g/mol. The summed E-state index contributed by atoms with van der Waals surface area (Å²) in [7, 11) is 0. The molecular formula is C13H12F10O2. The molecule has 0 rings (SSSR count). The summed E-state index contributed by atoms with van der Waals surface area (Å²) in [5, 5.41) is 0. The van der Waals surface area contributed by atoms with Gasteiger partial charge in [0.15, 0.2) is 0 Å². The lowest BCUT2D eigenvalue weighted by Crippen LogP contribution is -2.67. The Kier molecular flexibility index (Phi) is 6.39. The Labute approximate surface area is 135 Å². The number of hydrogen-bond donors (Lipinski definition) is 0. The van der Waals surface area contributed by atoms with Crippen LogP contribution < -0.4 is 0 Å². The van der Waals surface area contributed by atoms with Gasteiger partial charge in [-0.2, -0.15) is 43.9 Å². The minimum absolute atomic E-state index is 0.601. The number of esters is 1. The minimum Gasteiger partial charge on any atom is -0.393 e. The maximum atomic E-state index is 13.3. The second-order valence-corrected chi connectivity index (χ2v) is 4.94. The summed E-state index contributed by atoms with van der Waals surface area (Å²) < 4.78 is 135. The van der Waals surface area contributed by atoms with Crippen molar-refractivity contribution in [3.8, 4) is 0 Å². The molecule has 146 valence electrons. The van der Waals surface area contributed by atoms with E-state index in [4.69, 9.17) is 0 Å². The van der Waals surface area contributed by atoms with Gasteiger partial charge in [-0.05, 0) is 13.3 Å². The Morgan fingerprint density at radius 3 is 1.72 bits per heavy atom. The van der Waals surface area contributed by atoms with Crippen LogP contribution in [0.5, 0.6) is 0 Å². The van der Waals surface area contributed by atoms with E-state index in [9.17, 15) is 48.7 Å². The second-order valence-electron chi connectivity index (χ2n) is 4.94. The molecule has 0 aliphatic rings. The summed E-state index contributed by atoms with van der Waals surface area (Å²) in [6.07, 6.45) is -8.98. The van der Waals surface area contributed by atoms with Gasteiger partial charge in [0.25, 0.3) is 0 Å². The number of carbonyl (C=O) groups excluding carboxylic acids is 1. The highest BCUT2D eigenvalue weighted by Gasteiger charge is 2.87. The zero-order chi connectivity index (χ0) is 20.5. The standard InChI is InChI=1S/C13H12F10O2/c1-4-5-6-9(14,15)10(16,17)11(18,19)12(20,21)13(22,23)25-8(24)7(2)3/h4H,1-2,5-6H2,3H3. The Bertz CT molecular complexity index is 539. The van der Waals surface area contributed by atoms with Gasteiger partial charge in [0, 0.05) is 12.0 Å². The predicted octanol–water partition coefficient (Wildman–Crippen LogP) is 5.21. The summed E-state index contributed by atoms with van der Waals surface area (Å²) >= 11 is 0. The van der Waals surface area contributed by atoms with E-state index >= 15 is 0 Å². The molecule has 0 atom stereocenters. The van der Waals surface area contributed by atoms with Crippen molar-refractivity contribution in [1.82, 2.24) is 0 Å². The zero-order valence-corrected chi connectivity index (χ0v) is 12.5. The number of carbonyl (C=O) groups is 1. The van der Waals surface area contributed by atoms with Crippen LogP contribution >= 0.6 is 0 Å². The van der Waals surface area contributed by atoms with Crippen molar-refractivity contribution in [2.75, 3.05) is 0 Å². The Hall–Kier alpha value is -1.75. The molecule has 0 fully saturated rings. The first-order valence-electron chi connectivity index (χ1n) is 6.28. The van der Waals surface area contributed by atoms with E-state index in [0.717, 1.165) is 0 Å². The highest BCUT2D eigenvalue weighted by Crippen LogP contribution is 2.58. The maximum Gasteiger partial charge on any atom is 0.473 e. The fourth-order valence-electron chi connectivity index (χ4n) is 1.32. The van der Waals surface area contributed by atoms with Gasteiger partial charge in [0.05, 0.1) is 0 Å². The van der Waals surface area contributed by atoms with Gasteiger partial charge in [-0.3, -0.25) is 0 Å². The van der Waals surface area contributed by atoms with E-state index < -0.39 is 54.2 Å². The van der Waals surface area contributed by atoms with Gasteiger partial charge in [0.1, 0.15) is 0 Å². The normalized spacial score (nSPS) is 14.2. The van der Waals surface area contributed by atoms with Crippen LogP contribution in [-0.4, -0.2) is 35.8 Å². The summed E-state index contributed by atoms with van der Waals surface area (Å²) in [4.78, 5) is 10.8. The molecule has 0 aromatic heterocycles. The lowest BCUT2D eigenvalue weighted by Gasteiger charge is -2.38. The second kappa shape index (κ2) is 6.87. The molecule has 25 heavy (non-hydrogen) atoms. The molecule has 0 spiro atoms. The van der Waals surface area contributed by atoms with Crippen molar-refractivity contribution >= 4 is 5.97 Å². The van der Waals surface area contributed by atoms with Crippen LogP contribution in [0.15, 0.2) is 24.8 Å². The van der Waals surface area contributed by atoms with Crippen LogP contribution in [0, 0.1) is 0 Å². The Balaban J connectivity index is 5.96. The third kappa shape index (κ3) is 3.92. The van der Waals surface area contributed by atoms with Crippen LogP contribution in [0.3, 0.4) is 0 Å². The molecule has 0 radical (unpaired) electrons. The largest absolute Gasteiger partial charge is 0.473 e. The zero-order valence-electron chi connectivity index (χ0n) is 12.5. The van der Waals surface area contributed by atoms with Gasteiger partial charge >= 0.3 is 35.8 Å². The third-order valence-corrected chi connectivity index (χ3v) is 2.85. The van der Waals surface area contributed by atoms with Gasteiger partial charge in [0.2, 0.25) is 0 Å². The van der Waals surface area contributed by atoms with E-state index in [0.29, 0.717) is 13.0 Å². The smallest absolute Gasteiger partial charge is 0.393 e. The van der Waals surface area contributed by atoms with Crippen molar-refractivity contribution in [1.29, 1.82) is 0 Å². The Morgan fingerprint density at radius 2 is 1.36 bits per heavy atom. The van der Waals surface area contributed by atoms with E-state index in [1.54, 1.807) is 0 Å². The first-order valence-corrected chi connectivity index (χ1v) is 6.28. The van der Waals surface area contributed by atoms with E-state index in [1.807, 2.05) is 0 Å². The third-order valence-electron chi connectivity index (χ3n) is 2.85. The van der Waals surface area contributed by atoms with Gasteiger partial charge < -0.3 is 4.74 Å². The number of alkyl halides is 10. The van der Waals surface area contributed by atoms with Crippen molar-refractivity contribution in [3.05, 3.63) is 24.8 Å². The molecule has 0 aromatic rings. The molecule has 0 aromatic carbocycles. The average Bonchev–Trinajstić information content (AvgIpc) is 2.43. The summed E-state index contributed by atoms with van der Waals surface area (Å²) in [6.45, 7) is 6.19. The van der Waals surface area contributed by atoms with Crippen LogP contribution in [-0.2, 0) is 9.53 Å². The fraction of sp³-hybridized carbons (Fsp3) is 0.615. The van der Waals surface area contributed by atoms with Crippen LogP contribution in [0.2, 0.25) is 0 Å². The van der Waals surface area contributed by atoms with Gasteiger partial charge in [-0.25, -0.2) is 4.79 Å². The SMILES string of the molecule is C=CCCC(F)(F)C(F)(F)C(F)(F)C(F)(F)C(F)(F)OC(=O)C(=C)C. The first kappa shape index (κ1) is 23.2. The number of halogens is 10. The molecule has 0 unspecified atom stereocenters. The van der Waals surface area contributed by atoms with Crippen molar-refractivity contribution in [2.45, 2.75) is 49.6 Å². The summed E-state index contributed by atoms with van der Waals surface area (Å²) in [5.41, 5.74) is -0.957. The highest BCUT2D eigenvalue weighted by molar-refractivity contribution is 5.87. The lowest BCUT2D eigenvalue weighted by molar-refractivity contribution is -0.436. The highest BCUT2D eigenvalue weighted by atomic mass is 19.4. The van der Waals surface area contributed by atoms with E-state index in [2.05, 4.69) is 17.9 Å². The average molecular weight is 390 g/mol. The molecule has 0 heterocycles. The molecule has 0 bridgehead atoms.